The lowest BCUT2D eigenvalue weighted by atomic mass is 9.87. The van der Waals surface area contributed by atoms with Crippen molar-refractivity contribution in [3.8, 4) is 0 Å². The van der Waals surface area contributed by atoms with Gasteiger partial charge >= 0.3 is 0 Å². The molecule has 0 fully saturated rings. The minimum Gasteiger partial charge on any atom is -0.369 e. The molecule has 1 aromatic heterocycles. The highest BCUT2D eigenvalue weighted by Crippen LogP contribution is 2.34. The van der Waals surface area contributed by atoms with Gasteiger partial charge in [0, 0.05) is 18.9 Å². The van der Waals surface area contributed by atoms with E-state index in [-0.39, 0.29) is 24.2 Å². The van der Waals surface area contributed by atoms with Crippen LogP contribution in [0.2, 0.25) is 5.02 Å². The lowest BCUT2D eigenvalue weighted by Gasteiger charge is -2.33. The van der Waals surface area contributed by atoms with Gasteiger partial charge in [0.25, 0.3) is 5.91 Å². The van der Waals surface area contributed by atoms with E-state index < -0.39 is 5.54 Å². The van der Waals surface area contributed by atoms with Crippen LogP contribution in [0.1, 0.15) is 35.0 Å². The maximum Gasteiger partial charge on any atom is 0.274 e. The second-order valence-electron chi connectivity index (χ2n) is 6.73. The molecule has 1 aliphatic heterocycles. The van der Waals surface area contributed by atoms with Gasteiger partial charge in [-0.15, -0.1) is 0 Å². The van der Waals surface area contributed by atoms with Gasteiger partial charge < -0.3 is 11.1 Å². The van der Waals surface area contributed by atoms with E-state index >= 15 is 0 Å². The van der Waals surface area contributed by atoms with Crippen LogP contribution in [0, 0.1) is 6.92 Å². The number of hydrogen-bond donors (Lipinski definition) is 2. The van der Waals surface area contributed by atoms with Gasteiger partial charge in [-0.25, -0.2) is 9.98 Å². The van der Waals surface area contributed by atoms with Crippen LogP contribution in [0.15, 0.2) is 41.5 Å². The maximum absolute atomic E-state index is 12.5. The third kappa shape index (κ3) is 3.78. The van der Waals surface area contributed by atoms with Crippen molar-refractivity contribution < 1.29 is 9.59 Å². The fourth-order valence-corrected chi connectivity index (χ4v) is 3.19. The van der Waals surface area contributed by atoms with Crippen LogP contribution in [-0.2, 0) is 10.3 Å². The predicted molar refractivity (Wildman–Crippen MR) is 105 cm³/mol. The average molecular weight is 386 g/mol. The van der Waals surface area contributed by atoms with Crippen molar-refractivity contribution in [2.45, 2.75) is 25.8 Å². The summed E-state index contributed by atoms with van der Waals surface area (Å²) in [6, 6.07) is 8.89. The van der Waals surface area contributed by atoms with E-state index in [2.05, 4.69) is 15.3 Å². The second kappa shape index (κ2) is 7.00. The number of nitrogens with two attached hydrogens (primary N) is 1. The first-order valence-electron chi connectivity index (χ1n) is 8.35. The molecule has 1 aromatic carbocycles. The average Bonchev–Trinajstić information content (AvgIpc) is 2.59. The first-order chi connectivity index (χ1) is 12.7. The van der Waals surface area contributed by atoms with E-state index in [0.29, 0.717) is 22.0 Å². The first kappa shape index (κ1) is 18.8. The molecule has 3 rings (SSSR count). The van der Waals surface area contributed by atoms with Crippen molar-refractivity contribution in [2.75, 3.05) is 12.4 Å². The number of pyridine rings is 1. The molecular formula is C19H20ClN5O2. The summed E-state index contributed by atoms with van der Waals surface area (Å²) in [7, 11) is 1.60. The lowest BCUT2D eigenvalue weighted by molar-refractivity contribution is -0.128. The summed E-state index contributed by atoms with van der Waals surface area (Å²) in [5.74, 6) is -0.279. The molecular weight excluding hydrogens is 366 g/mol. The topological polar surface area (TPSA) is 101 Å². The minimum absolute atomic E-state index is 0.111. The van der Waals surface area contributed by atoms with Crippen molar-refractivity contribution >= 4 is 35.1 Å². The number of nitrogens with one attached hydrogen (secondary N) is 1. The third-order valence-corrected chi connectivity index (χ3v) is 4.78. The number of amides is 2. The summed E-state index contributed by atoms with van der Waals surface area (Å²) in [6.07, 6.45) is 1.63. The van der Waals surface area contributed by atoms with Crippen LogP contribution in [0.5, 0.6) is 0 Å². The van der Waals surface area contributed by atoms with Crippen LogP contribution < -0.4 is 11.1 Å². The molecule has 0 saturated heterocycles. The minimum atomic E-state index is -0.789. The zero-order valence-electron chi connectivity index (χ0n) is 15.3. The van der Waals surface area contributed by atoms with Crippen LogP contribution in [-0.4, -0.2) is 34.7 Å². The van der Waals surface area contributed by atoms with Gasteiger partial charge in [0.15, 0.2) is 5.96 Å². The Hall–Kier alpha value is -2.93. The molecule has 0 radical (unpaired) electrons. The summed E-state index contributed by atoms with van der Waals surface area (Å²) in [5.41, 5.74) is 7.42. The van der Waals surface area contributed by atoms with E-state index in [4.69, 9.17) is 17.3 Å². The molecule has 7 nitrogen and oxygen atoms in total. The fraction of sp³-hybridized carbons (Fsp3) is 0.263. The van der Waals surface area contributed by atoms with E-state index in [1.165, 1.54) is 11.1 Å². The predicted octanol–water partition coefficient (Wildman–Crippen LogP) is 2.69. The van der Waals surface area contributed by atoms with Crippen LogP contribution in [0.3, 0.4) is 0 Å². The highest BCUT2D eigenvalue weighted by molar-refractivity contribution is 6.30. The van der Waals surface area contributed by atoms with Crippen molar-refractivity contribution in [1.82, 2.24) is 9.88 Å². The molecule has 0 bridgehead atoms. The number of aliphatic imine (C=N–C) groups is 1. The molecule has 2 amide bonds. The number of nitrogens with zero attached hydrogens (tertiary/aromatic N) is 3. The Labute approximate surface area is 162 Å². The summed E-state index contributed by atoms with van der Waals surface area (Å²) in [5, 5.41) is 3.30. The first-order valence-corrected chi connectivity index (χ1v) is 8.73. The van der Waals surface area contributed by atoms with Crippen LogP contribution >= 0.6 is 11.6 Å². The van der Waals surface area contributed by atoms with Crippen LogP contribution in [0.4, 0.5) is 5.69 Å². The molecule has 0 spiro atoms. The highest BCUT2D eigenvalue weighted by atomic mass is 35.5. The van der Waals surface area contributed by atoms with Gasteiger partial charge in [0.2, 0.25) is 5.91 Å². The van der Waals surface area contributed by atoms with Crippen molar-refractivity contribution in [3.63, 3.8) is 0 Å². The number of hydrogen-bond acceptors (Lipinski definition) is 5. The zero-order chi connectivity index (χ0) is 19.8. The Morgan fingerprint density at radius 2 is 2.11 bits per heavy atom. The fourth-order valence-electron chi connectivity index (χ4n) is 2.98. The number of carbonyl (C=O) groups excluding carboxylic acids is 2. The van der Waals surface area contributed by atoms with Gasteiger partial charge in [-0.2, -0.15) is 0 Å². The molecule has 1 atom stereocenters. The van der Waals surface area contributed by atoms with Crippen molar-refractivity contribution in [2.24, 2.45) is 10.7 Å². The molecule has 1 aliphatic rings. The van der Waals surface area contributed by atoms with Crippen molar-refractivity contribution in [1.29, 1.82) is 0 Å². The Kier molecular flexibility index (Phi) is 4.89. The molecule has 8 heteroatoms. The van der Waals surface area contributed by atoms with E-state index in [0.717, 1.165) is 5.56 Å². The smallest absolute Gasteiger partial charge is 0.274 e. The molecule has 2 heterocycles. The Bertz CT molecular complexity index is 959. The number of halogens is 1. The second-order valence-corrected chi connectivity index (χ2v) is 7.16. The van der Waals surface area contributed by atoms with Gasteiger partial charge in [-0.05, 0) is 43.2 Å². The summed E-state index contributed by atoms with van der Waals surface area (Å²) in [4.78, 5) is 34.6. The number of anilines is 1. The third-order valence-electron chi connectivity index (χ3n) is 4.58. The van der Waals surface area contributed by atoms with Gasteiger partial charge in [-0.3, -0.25) is 14.5 Å². The van der Waals surface area contributed by atoms with E-state index in [9.17, 15) is 9.59 Å². The molecule has 2 aromatic rings. The molecule has 0 saturated carbocycles. The number of carbonyl (C=O) groups is 2. The molecule has 27 heavy (non-hydrogen) atoms. The SMILES string of the molecule is Cc1cc(Cl)cnc1C(=O)Nc1cccc([C@]2(C)CC(=O)N(C)C(N)=N2)c1. The Morgan fingerprint density at radius 3 is 2.78 bits per heavy atom. The molecule has 140 valence electrons. The molecule has 0 aliphatic carbocycles. The maximum atomic E-state index is 12.5. The van der Waals surface area contributed by atoms with E-state index in [1.807, 2.05) is 13.0 Å². The normalized spacial score (nSPS) is 19.6. The summed E-state index contributed by atoms with van der Waals surface area (Å²) < 4.78 is 0. The monoisotopic (exact) mass is 385 g/mol. The number of benzene rings is 1. The summed E-state index contributed by atoms with van der Waals surface area (Å²) in [6.45, 7) is 3.61. The largest absolute Gasteiger partial charge is 0.369 e. The quantitative estimate of drug-likeness (QED) is 0.848. The highest BCUT2D eigenvalue weighted by Gasteiger charge is 2.36. The zero-order valence-corrected chi connectivity index (χ0v) is 16.0. The summed E-state index contributed by atoms with van der Waals surface area (Å²) >= 11 is 5.89. The van der Waals surface area contributed by atoms with Gasteiger partial charge in [0.05, 0.1) is 17.0 Å². The van der Waals surface area contributed by atoms with Crippen molar-refractivity contribution in [3.05, 3.63) is 58.4 Å². The lowest BCUT2D eigenvalue weighted by Crippen LogP contribution is -2.47. The number of rotatable bonds is 3. The molecule has 3 N–H and O–H groups in total. The Balaban J connectivity index is 1.88. The molecule has 0 unspecified atom stereocenters. The van der Waals surface area contributed by atoms with Crippen LogP contribution in [0.25, 0.3) is 0 Å². The van der Waals surface area contributed by atoms with E-state index in [1.54, 1.807) is 38.2 Å². The standard InChI is InChI=1S/C19H20ClN5O2/c1-11-7-13(20)10-22-16(11)17(27)23-14-6-4-5-12(8-14)19(2)9-15(26)25(3)18(21)24-19/h4-8,10H,9H2,1-3H3,(H2,21,24)(H,23,27)/t19-/m0/s1. The Morgan fingerprint density at radius 1 is 1.37 bits per heavy atom. The number of aryl methyl sites for hydroxylation is 1. The number of aromatic nitrogens is 1. The van der Waals surface area contributed by atoms with Gasteiger partial charge in [0.1, 0.15) is 5.69 Å². The van der Waals surface area contributed by atoms with Gasteiger partial charge in [-0.1, -0.05) is 23.7 Å². The number of guanidine groups is 1.